The van der Waals surface area contributed by atoms with Gasteiger partial charge in [0.1, 0.15) is 5.76 Å². The molecule has 168 valence electrons. The van der Waals surface area contributed by atoms with E-state index in [0.29, 0.717) is 54.6 Å². The summed E-state index contributed by atoms with van der Waals surface area (Å²) in [6.45, 7) is 3.85. The molecule has 1 amide bonds. The van der Waals surface area contributed by atoms with Crippen LogP contribution in [0.4, 0.5) is 4.79 Å². The standard InChI is InChI=1S/C22H27BrN2O6/c1-4-30-22(27)25-9-7-15(8-10-25)24-13-14-5-6-18(31-21(14)26)16-11-19(28-2)20(29-3)12-17(16)23/h5-6,11-12,15,24H,4,7-10,13H2,1-3H3. The summed E-state index contributed by atoms with van der Waals surface area (Å²) in [5.41, 5.74) is 0.851. The van der Waals surface area contributed by atoms with Crippen molar-refractivity contribution in [2.24, 2.45) is 0 Å². The first-order valence-electron chi connectivity index (χ1n) is 10.2. The first-order valence-corrected chi connectivity index (χ1v) is 11.0. The molecule has 31 heavy (non-hydrogen) atoms. The smallest absolute Gasteiger partial charge is 0.409 e. The highest BCUT2D eigenvalue weighted by Gasteiger charge is 2.23. The van der Waals surface area contributed by atoms with Crippen LogP contribution in [-0.2, 0) is 11.3 Å². The average molecular weight is 495 g/mol. The molecule has 8 nitrogen and oxygen atoms in total. The third-order valence-electron chi connectivity index (χ3n) is 5.24. The van der Waals surface area contributed by atoms with Crippen LogP contribution in [0.3, 0.4) is 0 Å². The van der Waals surface area contributed by atoms with Crippen molar-refractivity contribution in [2.45, 2.75) is 32.4 Å². The Morgan fingerprint density at radius 1 is 1.19 bits per heavy atom. The van der Waals surface area contributed by atoms with E-state index in [-0.39, 0.29) is 12.1 Å². The number of amides is 1. The summed E-state index contributed by atoms with van der Waals surface area (Å²) in [5.74, 6) is 1.56. The van der Waals surface area contributed by atoms with Crippen LogP contribution in [0, 0.1) is 0 Å². The molecule has 1 aliphatic rings. The number of likely N-dealkylation sites (tertiary alicyclic amines) is 1. The number of carbonyl (C=O) groups is 1. The van der Waals surface area contributed by atoms with Crippen LogP contribution >= 0.6 is 15.9 Å². The molecule has 0 unspecified atom stereocenters. The van der Waals surface area contributed by atoms with E-state index >= 15 is 0 Å². The molecule has 0 radical (unpaired) electrons. The molecule has 0 saturated carbocycles. The number of rotatable bonds is 7. The van der Waals surface area contributed by atoms with Gasteiger partial charge in [-0.05, 0) is 60.0 Å². The molecule has 1 aromatic heterocycles. The van der Waals surface area contributed by atoms with Crippen molar-refractivity contribution in [3.8, 4) is 22.8 Å². The molecule has 0 bridgehead atoms. The summed E-state index contributed by atoms with van der Waals surface area (Å²) in [5, 5.41) is 3.39. The molecule has 9 heteroatoms. The molecule has 3 rings (SSSR count). The molecule has 1 fully saturated rings. The number of nitrogens with one attached hydrogen (secondary N) is 1. The predicted octanol–water partition coefficient (Wildman–Crippen LogP) is 3.80. The van der Waals surface area contributed by atoms with Crippen molar-refractivity contribution in [2.75, 3.05) is 33.9 Å². The summed E-state index contributed by atoms with van der Waals surface area (Å²) in [6, 6.07) is 7.30. The van der Waals surface area contributed by atoms with Gasteiger partial charge in [-0.3, -0.25) is 0 Å². The number of halogens is 1. The highest BCUT2D eigenvalue weighted by atomic mass is 79.9. The third kappa shape index (κ3) is 5.59. The summed E-state index contributed by atoms with van der Waals surface area (Å²) in [6.07, 6.45) is 1.35. The molecular weight excluding hydrogens is 468 g/mol. The minimum atomic E-state index is -0.393. The molecule has 0 atom stereocenters. The fourth-order valence-corrected chi connectivity index (χ4v) is 4.02. The van der Waals surface area contributed by atoms with E-state index < -0.39 is 5.63 Å². The van der Waals surface area contributed by atoms with Gasteiger partial charge in [0.15, 0.2) is 11.5 Å². The van der Waals surface area contributed by atoms with Crippen LogP contribution in [0.2, 0.25) is 0 Å². The molecular formula is C22H27BrN2O6. The number of carbonyl (C=O) groups excluding carboxylic acids is 1. The molecule has 2 heterocycles. The Hall–Kier alpha value is -2.52. The quantitative estimate of drug-likeness (QED) is 0.625. The van der Waals surface area contributed by atoms with Gasteiger partial charge in [0, 0.05) is 35.7 Å². The van der Waals surface area contributed by atoms with Gasteiger partial charge in [-0.15, -0.1) is 0 Å². The zero-order valence-corrected chi connectivity index (χ0v) is 19.5. The van der Waals surface area contributed by atoms with E-state index in [2.05, 4.69) is 21.2 Å². The monoisotopic (exact) mass is 494 g/mol. The highest BCUT2D eigenvalue weighted by molar-refractivity contribution is 9.10. The Bertz CT molecular complexity index is 969. The van der Waals surface area contributed by atoms with Gasteiger partial charge in [0.25, 0.3) is 0 Å². The first-order chi connectivity index (χ1) is 15.0. The number of hydrogen-bond acceptors (Lipinski definition) is 7. The van der Waals surface area contributed by atoms with E-state index in [0.717, 1.165) is 17.3 Å². The lowest BCUT2D eigenvalue weighted by Gasteiger charge is -2.31. The van der Waals surface area contributed by atoms with E-state index in [9.17, 15) is 9.59 Å². The van der Waals surface area contributed by atoms with Crippen LogP contribution in [0.5, 0.6) is 11.5 Å². The minimum absolute atomic E-state index is 0.227. The summed E-state index contributed by atoms with van der Waals surface area (Å²) in [4.78, 5) is 26.0. The van der Waals surface area contributed by atoms with Crippen LogP contribution in [0.25, 0.3) is 11.3 Å². The highest BCUT2D eigenvalue weighted by Crippen LogP contribution is 2.38. The molecule has 1 aromatic carbocycles. The molecule has 1 N–H and O–H groups in total. The van der Waals surface area contributed by atoms with Crippen molar-refractivity contribution in [1.29, 1.82) is 0 Å². The number of piperidine rings is 1. The summed E-state index contributed by atoms with van der Waals surface area (Å²) < 4.78 is 22.0. The summed E-state index contributed by atoms with van der Waals surface area (Å²) in [7, 11) is 3.12. The Labute approximate surface area is 189 Å². The van der Waals surface area contributed by atoms with Crippen molar-refractivity contribution in [3.63, 3.8) is 0 Å². The maximum atomic E-state index is 12.5. The zero-order chi connectivity index (χ0) is 22.4. The van der Waals surface area contributed by atoms with Gasteiger partial charge >= 0.3 is 11.7 Å². The van der Waals surface area contributed by atoms with Crippen LogP contribution in [0.15, 0.2) is 37.9 Å². The topological polar surface area (TPSA) is 90.2 Å². The maximum absolute atomic E-state index is 12.5. The number of methoxy groups -OCH3 is 2. The van der Waals surface area contributed by atoms with Gasteiger partial charge in [-0.25, -0.2) is 9.59 Å². The Kier molecular flexibility index (Phi) is 7.97. The first kappa shape index (κ1) is 23.1. The van der Waals surface area contributed by atoms with Crippen molar-refractivity contribution >= 4 is 22.0 Å². The van der Waals surface area contributed by atoms with Crippen LogP contribution in [-0.4, -0.2) is 51.0 Å². The van der Waals surface area contributed by atoms with Crippen LogP contribution in [0.1, 0.15) is 25.3 Å². The molecule has 2 aromatic rings. The normalized spacial score (nSPS) is 14.4. The van der Waals surface area contributed by atoms with Gasteiger partial charge in [-0.2, -0.15) is 0 Å². The molecule has 0 aliphatic carbocycles. The van der Waals surface area contributed by atoms with Gasteiger partial charge in [0.2, 0.25) is 0 Å². The van der Waals surface area contributed by atoms with E-state index in [1.54, 1.807) is 50.3 Å². The lowest BCUT2D eigenvalue weighted by atomic mass is 10.1. The maximum Gasteiger partial charge on any atom is 0.409 e. The zero-order valence-electron chi connectivity index (χ0n) is 17.9. The fraction of sp³-hybridized carbons (Fsp3) is 0.455. The Morgan fingerprint density at radius 2 is 1.87 bits per heavy atom. The Balaban J connectivity index is 1.64. The van der Waals surface area contributed by atoms with Crippen molar-refractivity contribution in [1.82, 2.24) is 10.2 Å². The second-order valence-electron chi connectivity index (χ2n) is 7.14. The predicted molar refractivity (Wildman–Crippen MR) is 120 cm³/mol. The molecule has 1 saturated heterocycles. The van der Waals surface area contributed by atoms with Gasteiger partial charge in [0.05, 0.1) is 26.4 Å². The second kappa shape index (κ2) is 10.7. The Morgan fingerprint density at radius 3 is 2.48 bits per heavy atom. The number of nitrogens with zero attached hydrogens (tertiary/aromatic N) is 1. The molecule has 0 spiro atoms. The van der Waals surface area contributed by atoms with Gasteiger partial charge in [-0.1, -0.05) is 0 Å². The minimum Gasteiger partial charge on any atom is -0.493 e. The fourth-order valence-electron chi connectivity index (χ4n) is 3.50. The lowest BCUT2D eigenvalue weighted by molar-refractivity contribution is 0.0950. The van der Waals surface area contributed by atoms with Crippen LogP contribution < -0.4 is 20.4 Å². The summed E-state index contributed by atoms with van der Waals surface area (Å²) >= 11 is 3.49. The van der Waals surface area contributed by atoms with E-state index in [1.807, 2.05) is 0 Å². The van der Waals surface area contributed by atoms with Crippen molar-refractivity contribution in [3.05, 3.63) is 44.7 Å². The lowest BCUT2D eigenvalue weighted by Crippen LogP contribution is -2.45. The molecule has 1 aliphatic heterocycles. The second-order valence-corrected chi connectivity index (χ2v) is 7.99. The third-order valence-corrected chi connectivity index (χ3v) is 5.90. The number of benzene rings is 1. The number of ether oxygens (including phenoxy) is 3. The SMILES string of the molecule is CCOC(=O)N1CCC(NCc2ccc(-c3cc(OC)c(OC)cc3Br)oc2=O)CC1. The largest absolute Gasteiger partial charge is 0.493 e. The number of hydrogen-bond donors (Lipinski definition) is 1. The van der Waals surface area contributed by atoms with Gasteiger partial charge < -0.3 is 28.8 Å². The van der Waals surface area contributed by atoms with E-state index in [1.165, 1.54) is 0 Å². The van der Waals surface area contributed by atoms with Crippen molar-refractivity contribution < 1.29 is 23.4 Å². The van der Waals surface area contributed by atoms with E-state index in [4.69, 9.17) is 18.6 Å². The average Bonchev–Trinajstić information content (AvgIpc) is 2.78.